The minimum Gasteiger partial charge on any atom is -0.476 e. The quantitative estimate of drug-likeness (QED) is 0.882. The first kappa shape index (κ1) is 12.3. The number of ether oxygens (including phenoxy) is 1. The fourth-order valence-electron chi connectivity index (χ4n) is 2.50. The second kappa shape index (κ2) is 4.77. The molecule has 1 aliphatic heterocycles. The molecule has 0 aromatic carbocycles. The monoisotopic (exact) mass is 263 g/mol. The van der Waals surface area contributed by atoms with Gasteiger partial charge in [-0.3, -0.25) is 0 Å². The summed E-state index contributed by atoms with van der Waals surface area (Å²) < 4.78 is 5.94. The van der Waals surface area contributed by atoms with Gasteiger partial charge < -0.3 is 14.7 Å². The molecule has 2 atom stereocenters. The maximum absolute atomic E-state index is 10.8. The van der Waals surface area contributed by atoms with Gasteiger partial charge in [0.25, 0.3) is 0 Å². The van der Waals surface area contributed by atoms with Crippen LogP contribution < -0.4 is 4.90 Å². The van der Waals surface area contributed by atoms with E-state index in [0.717, 1.165) is 18.9 Å². The molecule has 1 aromatic rings. The van der Waals surface area contributed by atoms with E-state index in [0.29, 0.717) is 5.92 Å². The van der Waals surface area contributed by atoms with Gasteiger partial charge >= 0.3 is 5.97 Å². The highest BCUT2D eigenvalue weighted by Crippen LogP contribution is 2.37. The average molecular weight is 263 g/mol. The molecule has 1 aromatic heterocycles. The SMILES string of the molecule is CC1CN(c2cnc(C(=O)O)cn2)CC(C2CC2)O1. The number of anilines is 1. The molecule has 0 amide bonds. The smallest absolute Gasteiger partial charge is 0.356 e. The molecule has 3 rings (SSSR count). The van der Waals surface area contributed by atoms with Gasteiger partial charge in [0.05, 0.1) is 24.6 Å². The first-order chi connectivity index (χ1) is 9.13. The maximum Gasteiger partial charge on any atom is 0.356 e. The molecule has 0 bridgehead atoms. The molecule has 0 spiro atoms. The van der Waals surface area contributed by atoms with Crippen molar-refractivity contribution in [2.24, 2.45) is 5.92 Å². The molecule has 102 valence electrons. The molecule has 2 aliphatic rings. The molecule has 2 unspecified atom stereocenters. The second-order valence-corrected chi connectivity index (χ2v) is 5.29. The van der Waals surface area contributed by atoms with Crippen LogP contribution in [0, 0.1) is 5.92 Å². The Balaban J connectivity index is 1.74. The zero-order valence-corrected chi connectivity index (χ0v) is 10.8. The van der Waals surface area contributed by atoms with Crippen LogP contribution >= 0.6 is 0 Å². The van der Waals surface area contributed by atoms with Crippen LogP contribution in [0.4, 0.5) is 5.82 Å². The van der Waals surface area contributed by atoms with E-state index in [1.54, 1.807) is 0 Å². The lowest BCUT2D eigenvalue weighted by atomic mass is 10.1. The minimum atomic E-state index is -1.05. The summed E-state index contributed by atoms with van der Waals surface area (Å²) in [5.74, 6) is 0.354. The summed E-state index contributed by atoms with van der Waals surface area (Å²) in [6.07, 6.45) is 5.77. The van der Waals surface area contributed by atoms with Gasteiger partial charge in [-0.15, -0.1) is 0 Å². The Hall–Kier alpha value is -1.69. The lowest BCUT2D eigenvalue weighted by Gasteiger charge is -2.37. The fourth-order valence-corrected chi connectivity index (χ4v) is 2.50. The highest BCUT2D eigenvalue weighted by atomic mass is 16.5. The fraction of sp³-hybridized carbons (Fsp3) is 0.615. The molecule has 2 fully saturated rings. The van der Waals surface area contributed by atoms with Crippen LogP contribution in [-0.4, -0.2) is 46.3 Å². The van der Waals surface area contributed by atoms with Gasteiger partial charge in [0.15, 0.2) is 5.69 Å². The van der Waals surface area contributed by atoms with E-state index < -0.39 is 5.97 Å². The number of carbonyl (C=O) groups is 1. The third kappa shape index (κ3) is 2.68. The molecular formula is C13H17N3O3. The van der Waals surface area contributed by atoms with Crippen molar-refractivity contribution in [2.45, 2.75) is 32.0 Å². The van der Waals surface area contributed by atoms with E-state index in [9.17, 15) is 4.79 Å². The second-order valence-electron chi connectivity index (χ2n) is 5.29. The van der Waals surface area contributed by atoms with Gasteiger partial charge in [0.1, 0.15) is 5.82 Å². The third-order valence-corrected chi connectivity index (χ3v) is 3.61. The number of aromatic nitrogens is 2. The Bertz CT molecular complexity index is 473. The molecule has 0 radical (unpaired) electrons. The molecule has 6 nitrogen and oxygen atoms in total. The summed E-state index contributed by atoms with van der Waals surface area (Å²) in [5.41, 5.74) is -0.0243. The van der Waals surface area contributed by atoms with E-state index >= 15 is 0 Å². The minimum absolute atomic E-state index is 0.0243. The van der Waals surface area contributed by atoms with Crippen LogP contribution in [0.3, 0.4) is 0 Å². The highest BCUT2D eigenvalue weighted by Gasteiger charge is 2.37. The highest BCUT2D eigenvalue weighted by molar-refractivity contribution is 5.84. The number of rotatable bonds is 3. The first-order valence-electron chi connectivity index (χ1n) is 6.59. The zero-order chi connectivity index (χ0) is 13.4. The summed E-state index contributed by atoms with van der Waals surface area (Å²) >= 11 is 0. The number of nitrogens with zero attached hydrogens (tertiary/aromatic N) is 3. The summed E-state index contributed by atoms with van der Waals surface area (Å²) in [6, 6.07) is 0. The standard InChI is InChI=1S/C13H17N3O3/c1-8-6-16(7-11(19-8)9-2-3-9)12-5-14-10(4-15-12)13(17)18/h4-5,8-9,11H,2-3,6-7H2,1H3,(H,17,18). The Labute approximate surface area is 111 Å². The lowest BCUT2D eigenvalue weighted by molar-refractivity contribution is -0.0273. The van der Waals surface area contributed by atoms with Crippen molar-refractivity contribution in [3.05, 3.63) is 18.1 Å². The number of carboxylic acid groups (broad SMARTS) is 1. The van der Waals surface area contributed by atoms with Crippen LogP contribution in [0.15, 0.2) is 12.4 Å². The van der Waals surface area contributed by atoms with Gasteiger partial charge in [-0.2, -0.15) is 0 Å². The number of hydrogen-bond acceptors (Lipinski definition) is 5. The largest absolute Gasteiger partial charge is 0.476 e. The normalized spacial score (nSPS) is 27.3. The molecular weight excluding hydrogens is 246 g/mol. The van der Waals surface area contributed by atoms with E-state index in [1.165, 1.54) is 25.2 Å². The van der Waals surface area contributed by atoms with E-state index in [-0.39, 0.29) is 17.9 Å². The van der Waals surface area contributed by atoms with Crippen LogP contribution in [-0.2, 0) is 4.74 Å². The number of aromatic carboxylic acids is 1. The molecule has 6 heteroatoms. The summed E-state index contributed by atoms with van der Waals surface area (Å²) in [6.45, 7) is 3.64. The lowest BCUT2D eigenvalue weighted by Crippen LogP contribution is -2.47. The van der Waals surface area contributed by atoms with Crippen LogP contribution in [0.5, 0.6) is 0 Å². The van der Waals surface area contributed by atoms with Crippen LogP contribution in [0.1, 0.15) is 30.3 Å². The Morgan fingerprint density at radius 1 is 1.37 bits per heavy atom. The molecule has 1 saturated heterocycles. The van der Waals surface area contributed by atoms with Gasteiger partial charge in [-0.25, -0.2) is 14.8 Å². The van der Waals surface area contributed by atoms with Gasteiger partial charge in [0.2, 0.25) is 0 Å². The van der Waals surface area contributed by atoms with Gasteiger partial charge in [-0.05, 0) is 25.7 Å². The van der Waals surface area contributed by atoms with E-state index in [1.807, 2.05) is 0 Å². The van der Waals surface area contributed by atoms with Gasteiger partial charge in [0, 0.05) is 13.1 Å². The summed E-state index contributed by atoms with van der Waals surface area (Å²) in [5, 5.41) is 8.82. The summed E-state index contributed by atoms with van der Waals surface area (Å²) in [4.78, 5) is 21.0. The van der Waals surface area contributed by atoms with Crippen molar-refractivity contribution in [2.75, 3.05) is 18.0 Å². The molecule has 1 aliphatic carbocycles. The predicted molar refractivity (Wildman–Crippen MR) is 68.3 cm³/mol. The molecule has 1 saturated carbocycles. The van der Waals surface area contributed by atoms with E-state index in [2.05, 4.69) is 21.8 Å². The molecule has 19 heavy (non-hydrogen) atoms. The Morgan fingerprint density at radius 2 is 2.16 bits per heavy atom. The topological polar surface area (TPSA) is 75.6 Å². The van der Waals surface area contributed by atoms with Crippen LogP contribution in [0.25, 0.3) is 0 Å². The van der Waals surface area contributed by atoms with Crippen LogP contribution in [0.2, 0.25) is 0 Å². The molecule has 2 heterocycles. The Morgan fingerprint density at radius 3 is 2.74 bits per heavy atom. The zero-order valence-electron chi connectivity index (χ0n) is 10.8. The van der Waals surface area contributed by atoms with Crippen molar-refractivity contribution >= 4 is 11.8 Å². The van der Waals surface area contributed by atoms with E-state index in [4.69, 9.17) is 9.84 Å². The van der Waals surface area contributed by atoms with Crippen molar-refractivity contribution in [3.63, 3.8) is 0 Å². The molecule has 1 N–H and O–H groups in total. The number of morpholine rings is 1. The van der Waals surface area contributed by atoms with Gasteiger partial charge in [-0.1, -0.05) is 0 Å². The Kier molecular flexibility index (Phi) is 3.10. The summed E-state index contributed by atoms with van der Waals surface area (Å²) in [7, 11) is 0. The van der Waals surface area contributed by atoms with Crippen molar-refractivity contribution in [3.8, 4) is 0 Å². The average Bonchev–Trinajstić information content (AvgIpc) is 3.22. The maximum atomic E-state index is 10.8. The van der Waals surface area contributed by atoms with Crippen molar-refractivity contribution < 1.29 is 14.6 Å². The van der Waals surface area contributed by atoms with Crippen molar-refractivity contribution in [1.82, 2.24) is 9.97 Å². The first-order valence-corrected chi connectivity index (χ1v) is 6.59. The predicted octanol–water partition coefficient (Wildman–Crippen LogP) is 1.18. The third-order valence-electron chi connectivity index (χ3n) is 3.61. The number of hydrogen-bond donors (Lipinski definition) is 1. The number of carboxylic acids is 1. The van der Waals surface area contributed by atoms with Crippen molar-refractivity contribution in [1.29, 1.82) is 0 Å².